The molecule has 0 aromatic heterocycles. The van der Waals surface area contributed by atoms with E-state index in [4.69, 9.17) is 10.5 Å². The van der Waals surface area contributed by atoms with Crippen molar-refractivity contribution in [3.63, 3.8) is 0 Å². The zero-order valence-corrected chi connectivity index (χ0v) is 7.61. The summed E-state index contributed by atoms with van der Waals surface area (Å²) in [6.45, 7) is 2.41. The number of hydrogen-bond acceptors (Lipinski definition) is 5. The minimum atomic E-state index is -0.267. The summed E-state index contributed by atoms with van der Waals surface area (Å²) in [5.41, 5.74) is 5.15. The molecule has 0 amide bonds. The van der Waals surface area contributed by atoms with Gasteiger partial charge in [-0.25, -0.2) is 0 Å². The molecule has 0 saturated heterocycles. The van der Waals surface area contributed by atoms with Crippen LogP contribution in [-0.4, -0.2) is 31.4 Å². The van der Waals surface area contributed by atoms with Gasteiger partial charge in [0.15, 0.2) is 0 Å². The van der Waals surface area contributed by atoms with Crippen LogP contribution in [-0.2, 0) is 9.53 Å². The molecule has 0 fully saturated rings. The number of carbonyl (C=O) groups excluding carboxylic acids is 1. The lowest BCUT2D eigenvalue weighted by atomic mass is 10.4. The van der Waals surface area contributed by atoms with Gasteiger partial charge in [0.05, 0.1) is 0 Å². The van der Waals surface area contributed by atoms with E-state index in [0.29, 0.717) is 13.2 Å². The van der Waals surface area contributed by atoms with Crippen molar-refractivity contribution in [1.29, 1.82) is 0 Å². The van der Waals surface area contributed by atoms with Gasteiger partial charge in [-0.3, -0.25) is 9.52 Å². The van der Waals surface area contributed by atoms with Crippen LogP contribution in [0.15, 0.2) is 0 Å². The highest BCUT2D eigenvalue weighted by molar-refractivity contribution is 7.96. The molecular formula is C6H14N2O2S. The molecule has 0 aliphatic heterocycles. The van der Waals surface area contributed by atoms with E-state index >= 15 is 0 Å². The molecular weight excluding hydrogens is 164 g/mol. The Bertz CT molecular complexity index is 121. The summed E-state index contributed by atoms with van der Waals surface area (Å²) in [6.07, 6.45) is 1.85. The first-order chi connectivity index (χ1) is 5.22. The first-order valence-electron chi connectivity index (χ1n) is 3.37. The van der Waals surface area contributed by atoms with Crippen molar-refractivity contribution in [3.8, 4) is 0 Å². The first kappa shape index (κ1) is 10.7. The Balaban J connectivity index is 3.47. The normalized spacial score (nSPS) is 12.6. The predicted molar refractivity (Wildman–Crippen MR) is 46.1 cm³/mol. The zero-order valence-electron chi connectivity index (χ0n) is 6.79. The SMILES string of the molecule is CSNC(C)C(=O)OCCN. The van der Waals surface area contributed by atoms with E-state index < -0.39 is 0 Å². The molecule has 5 heteroatoms. The molecule has 3 N–H and O–H groups in total. The third-order valence-electron chi connectivity index (χ3n) is 1.01. The van der Waals surface area contributed by atoms with Crippen LogP contribution < -0.4 is 10.5 Å². The van der Waals surface area contributed by atoms with Gasteiger partial charge < -0.3 is 10.5 Å². The van der Waals surface area contributed by atoms with Crippen LogP contribution in [0.25, 0.3) is 0 Å². The number of ether oxygens (including phenoxy) is 1. The maximum absolute atomic E-state index is 10.9. The van der Waals surface area contributed by atoms with Crippen molar-refractivity contribution in [2.75, 3.05) is 19.4 Å². The van der Waals surface area contributed by atoms with Crippen molar-refractivity contribution >= 4 is 17.9 Å². The quantitative estimate of drug-likeness (QED) is 0.449. The van der Waals surface area contributed by atoms with Crippen molar-refractivity contribution < 1.29 is 9.53 Å². The molecule has 0 rings (SSSR count). The summed E-state index contributed by atoms with van der Waals surface area (Å²) in [6, 6.07) is -0.267. The summed E-state index contributed by atoms with van der Waals surface area (Å²) >= 11 is 1.39. The van der Waals surface area contributed by atoms with E-state index in [1.165, 1.54) is 11.9 Å². The average molecular weight is 178 g/mol. The van der Waals surface area contributed by atoms with E-state index in [0.717, 1.165) is 0 Å². The van der Waals surface area contributed by atoms with Gasteiger partial charge in [0, 0.05) is 6.54 Å². The highest BCUT2D eigenvalue weighted by Crippen LogP contribution is 1.92. The van der Waals surface area contributed by atoms with E-state index in [2.05, 4.69) is 4.72 Å². The maximum Gasteiger partial charge on any atom is 0.323 e. The fraction of sp³-hybridized carbons (Fsp3) is 0.833. The van der Waals surface area contributed by atoms with Crippen LogP contribution in [0.1, 0.15) is 6.92 Å². The minimum Gasteiger partial charge on any atom is -0.463 e. The smallest absolute Gasteiger partial charge is 0.323 e. The Morgan fingerprint density at radius 1 is 1.82 bits per heavy atom. The standard InChI is InChI=1S/C6H14N2O2S/c1-5(8-11-2)6(9)10-4-3-7/h5,8H,3-4,7H2,1-2H3. The van der Waals surface area contributed by atoms with Gasteiger partial charge in [0.2, 0.25) is 0 Å². The van der Waals surface area contributed by atoms with Crippen LogP contribution in [0.5, 0.6) is 0 Å². The molecule has 0 saturated carbocycles. The van der Waals surface area contributed by atoms with Crippen LogP contribution in [0.3, 0.4) is 0 Å². The van der Waals surface area contributed by atoms with Gasteiger partial charge in [-0.1, -0.05) is 11.9 Å². The van der Waals surface area contributed by atoms with Crippen molar-refractivity contribution in [1.82, 2.24) is 4.72 Å². The van der Waals surface area contributed by atoms with Gasteiger partial charge in [-0.15, -0.1) is 0 Å². The summed E-state index contributed by atoms with van der Waals surface area (Å²) in [4.78, 5) is 10.9. The average Bonchev–Trinajstić information content (AvgIpc) is 2.00. The van der Waals surface area contributed by atoms with Crippen LogP contribution in [0.4, 0.5) is 0 Å². The summed E-state index contributed by atoms with van der Waals surface area (Å²) < 4.78 is 7.62. The fourth-order valence-electron chi connectivity index (χ4n) is 0.509. The second-order valence-electron chi connectivity index (χ2n) is 2.00. The van der Waals surface area contributed by atoms with Crippen LogP contribution in [0.2, 0.25) is 0 Å². The molecule has 4 nitrogen and oxygen atoms in total. The third kappa shape index (κ3) is 5.06. The lowest BCUT2D eigenvalue weighted by Gasteiger charge is -2.09. The van der Waals surface area contributed by atoms with Crippen molar-refractivity contribution in [2.24, 2.45) is 5.73 Å². The monoisotopic (exact) mass is 178 g/mol. The number of hydrogen-bond donors (Lipinski definition) is 2. The van der Waals surface area contributed by atoms with Gasteiger partial charge in [-0.2, -0.15) is 0 Å². The lowest BCUT2D eigenvalue weighted by molar-refractivity contribution is -0.144. The molecule has 1 unspecified atom stereocenters. The molecule has 11 heavy (non-hydrogen) atoms. The molecule has 0 radical (unpaired) electrons. The molecule has 66 valence electrons. The van der Waals surface area contributed by atoms with Crippen LogP contribution in [0, 0.1) is 0 Å². The second kappa shape index (κ2) is 6.45. The second-order valence-corrected chi connectivity index (χ2v) is 2.64. The highest BCUT2D eigenvalue weighted by atomic mass is 32.2. The number of nitrogens with two attached hydrogens (primary N) is 1. The number of nitrogens with one attached hydrogen (secondary N) is 1. The van der Waals surface area contributed by atoms with Gasteiger partial charge in [0.1, 0.15) is 12.6 Å². The van der Waals surface area contributed by atoms with Gasteiger partial charge in [-0.05, 0) is 13.2 Å². The fourth-order valence-corrected chi connectivity index (χ4v) is 0.959. The summed E-state index contributed by atoms with van der Waals surface area (Å²) in [5.74, 6) is -0.259. The summed E-state index contributed by atoms with van der Waals surface area (Å²) in [7, 11) is 0. The Labute approximate surface area is 71.0 Å². The Kier molecular flexibility index (Phi) is 6.30. The molecule has 0 heterocycles. The molecule has 0 aromatic rings. The number of rotatable bonds is 5. The van der Waals surface area contributed by atoms with E-state index in [9.17, 15) is 4.79 Å². The Hall–Kier alpha value is -0.260. The van der Waals surface area contributed by atoms with E-state index in [1.807, 2.05) is 6.26 Å². The molecule has 0 bridgehead atoms. The minimum absolute atomic E-state index is 0.259. The van der Waals surface area contributed by atoms with Gasteiger partial charge in [0.25, 0.3) is 0 Å². The van der Waals surface area contributed by atoms with Crippen LogP contribution >= 0.6 is 11.9 Å². The Morgan fingerprint density at radius 3 is 2.91 bits per heavy atom. The highest BCUT2D eigenvalue weighted by Gasteiger charge is 2.11. The largest absolute Gasteiger partial charge is 0.463 e. The zero-order chi connectivity index (χ0) is 8.69. The maximum atomic E-state index is 10.9. The molecule has 0 aliphatic rings. The third-order valence-corrected chi connectivity index (χ3v) is 1.60. The Morgan fingerprint density at radius 2 is 2.45 bits per heavy atom. The number of esters is 1. The first-order valence-corrected chi connectivity index (χ1v) is 4.60. The predicted octanol–water partition coefficient (Wildman–Crippen LogP) is -0.256. The van der Waals surface area contributed by atoms with Crippen molar-refractivity contribution in [2.45, 2.75) is 13.0 Å². The molecule has 1 atom stereocenters. The van der Waals surface area contributed by atoms with E-state index in [-0.39, 0.29) is 12.0 Å². The topological polar surface area (TPSA) is 64.3 Å². The molecule has 0 spiro atoms. The number of carbonyl (C=O) groups is 1. The van der Waals surface area contributed by atoms with Crippen molar-refractivity contribution in [3.05, 3.63) is 0 Å². The molecule has 0 aromatic carbocycles. The molecule has 0 aliphatic carbocycles. The van der Waals surface area contributed by atoms with E-state index in [1.54, 1.807) is 6.92 Å². The lowest BCUT2D eigenvalue weighted by Crippen LogP contribution is -2.31. The van der Waals surface area contributed by atoms with Gasteiger partial charge >= 0.3 is 5.97 Å². The summed E-state index contributed by atoms with van der Waals surface area (Å²) in [5, 5.41) is 0.